The molecule has 1 unspecified atom stereocenters. The van der Waals surface area contributed by atoms with Crippen LogP contribution < -0.4 is 5.32 Å². The highest BCUT2D eigenvalue weighted by molar-refractivity contribution is 7.12. The molecule has 0 aliphatic carbocycles. The molecule has 0 saturated heterocycles. The Balaban J connectivity index is 2.15. The third-order valence-corrected chi connectivity index (χ3v) is 4.85. The van der Waals surface area contributed by atoms with Gasteiger partial charge in [-0.25, -0.2) is 0 Å². The van der Waals surface area contributed by atoms with Gasteiger partial charge < -0.3 is 5.32 Å². The molecule has 18 heavy (non-hydrogen) atoms. The predicted octanol–water partition coefficient (Wildman–Crippen LogP) is 5.10. The summed E-state index contributed by atoms with van der Waals surface area (Å²) >= 11 is 1.91. The van der Waals surface area contributed by atoms with E-state index in [-0.39, 0.29) is 0 Å². The van der Waals surface area contributed by atoms with Crippen LogP contribution in [0.1, 0.15) is 40.8 Å². The molecule has 2 aromatic rings. The van der Waals surface area contributed by atoms with Gasteiger partial charge in [0, 0.05) is 15.4 Å². The monoisotopic (exact) mass is 259 g/mol. The minimum Gasteiger partial charge on any atom is -0.377 e. The molecule has 1 aromatic carbocycles. The van der Waals surface area contributed by atoms with E-state index in [9.17, 15) is 0 Å². The molecule has 1 aromatic heterocycles. The zero-order valence-electron chi connectivity index (χ0n) is 11.6. The smallest absolute Gasteiger partial charge is 0.0578 e. The number of anilines is 1. The van der Waals surface area contributed by atoms with E-state index in [4.69, 9.17) is 0 Å². The average molecular weight is 259 g/mol. The lowest BCUT2D eigenvalue weighted by Gasteiger charge is -2.17. The Morgan fingerprint density at radius 3 is 2.61 bits per heavy atom. The minimum atomic E-state index is 0.371. The van der Waals surface area contributed by atoms with Crippen LogP contribution in [0.3, 0.4) is 0 Å². The normalized spacial score (nSPS) is 12.4. The van der Waals surface area contributed by atoms with Crippen LogP contribution in [-0.4, -0.2) is 0 Å². The first-order chi connectivity index (χ1) is 8.61. The first kappa shape index (κ1) is 13.2. The molecule has 1 nitrogen and oxygen atoms in total. The van der Waals surface area contributed by atoms with Crippen LogP contribution in [0.25, 0.3) is 0 Å². The Morgan fingerprint density at radius 2 is 1.94 bits per heavy atom. The van der Waals surface area contributed by atoms with Crippen LogP contribution in [0.5, 0.6) is 0 Å². The van der Waals surface area contributed by atoms with Crippen LogP contribution in [0.4, 0.5) is 5.69 Å². The first-order valence-corrected chi connectivity index (χ1v) is 7.34. The fraction of sp³-hybridized carbons (Fsp3) is 0.375. The van der Waals surface area contributed by atoms with Gasteiger partial charge in [0.1, 0.15) is 0 Å². The molecule has 0 aliphatic heterocycles. The van der Waals surface area contributed by atoms with Crippen molar-refractivity contribution < 1.29 is 0 Å². The Hall–Kier alpha value is -1.28. The van der Waals surface area contributed by atoms with Gasteiger partial charge in [-0.1, -0.05) is 19.1 Å². The summed E-state index contributed by atoms with van der Waals surface area (Å²) in [5.74, 6) is 0. The number of benzene rings is 1. The third kappa shape index (κ3) is 2.75. The van der Waals surface area contributed by atoms with Crippen LogP contribution in [0.15, 0.2) is 30.3 Å². The van der Waals surface area contributed by atoms with Gasteiger partial charge in [-0.3, -0.25) is 0 Å². The molecule has 2 rings (SSSR count). The van der Waals surface area contributed by atoms with Crippen LogP contribution >= 0.6 is 11.3 Å². The highest BCUT2D eigenvalue weighted by Gasteiger charge is 2.09. The molecule has 0 bridgehead atoms. The maximum absolute atomic E-state index is 3.62. The third-order valence-electron chi connectivity index (χ3n) is 3.43. The second kappa shape index (κ2) is 5.57. The van der Waals surface area contributed by atoms with E-state index in [0.29, 0.717) is 6.04 Å². The van der Waals surface area contributed by atoms with E-state index in [1.165, 1.54) is 26.6 Å². The number of thiophene rings is 1. The van der Waals surface area contributed by atoms with Crippen molar-refractivity contribution in [2.24, 2.45) is 0 Å². The summed E-state index contributed by atoms with van der Waals surface area (Å²) in [6, 6.07) is 11.3. The van der Waals surface area contributed by atoms with Crippen molar-refractivity contribution in [3.63, 3.8) is 0 Å². The van der Waals surface area contributed by atoms with Crippen molar-refractivity contribution in [2.45, 2.75) is 40.2 Å². The Morgan fingerprint density at radius 1 is 1.17 bits per heavy atom. The van der Waals surface area contributed by atoms with Gasteiger partial charge in [0.05, 0.1) is 6.04 Å². The van der Waals surface area contributed by atoms with Gasteiger partial charge in [0.15, 0.2) is 0 Å². The van der Waals surface area contributed by atoms with Crippen molar-refractivity contribution in [1.29, 1.82) is 0 Å². The lowest BCUT2D eigenvalue weighted by atomic mass is 10.1. The van der Waals surface area contributed by atoms with Crippen LogP contribution in [0.2, 0.25) is 0 Å². The van der Waals surface area contributed by atoms with Crippen LogP contribution in [0, 0.1) is 13.8 Å². The van der Waals surface area contributed by atoms with E-state index in [2.05, 4.69) is 63.3 Å². The molecule has 0 saturated carbocycles. The van der Waals surface area contributed by atoms with Gasteiger partial charge in [-0.2, -0.15) is 0 Å². The predicted molar refractivity (Wildman–Crippen MR) is 81.7 cm³/mol. The molecule has 0 spiro atoms. The largest absolute Gasteiger partial charge is 0.377 e. The molecular formula is C16H21NS. The SMILES string of the molecule is CCc1ccc(C(C)Nc2cccc(C)c2C)s1. The summed E-state index contributed by atoms with van der Waals surface area (Å²) in [5, 5.41) is 3.62. The van der Waals surface area contributed by atoms with Crippen LogP contribution in [-0.2, 0) is 6.42 Å². The summed E-state index contributed by atoms with van der Waals surface area (Å²) in [6.45, 7) is 8.77. The van der Waals surface area contributed by atoms with Crippen molar-refractivity contribution in [3.05, 3.63) is 51.2 Å². The summed E-state index contributed by atoms with van der Waals surface area (Å²) < 4.78 is 0. The average Bonchev–Trinajstić information content (AvgIpc) is 2.83. The van der Waals surface area contributed by atoms with Crippen molar-refractivity contribution in [1.82, 2.24) is 0 Å². The summed E-state index contributed by atoms with van der Waals surface area (Å²) in [6.07, 6.45) is 1.13. The number of hydrogen-bond acceptors (Lipinski definition) is 2. The van der Waals surface area contributed by atoms with E-state index in [0.717, 1.165) is 6.42 Å². The van der Waals surface area contributed by atoms with Crippen molar-refractivity contribution >= 4 is 17.0 Å². The molecule has 96 valence electrons. The maximum atomic E-state index is 3.62. The molecule has 1 atom stereocenters. The van der Waals surface area contributed by atoms with Gasteiger partial charge >= 0.3 is 0 Å². The first-order valence-electron chi connectivity index (χ1n) is 6.53. The zero-order chi connectivity index (χ0) is 13.1. The van der Waals surface area contributed by atoms with E-state index < -0.39 is 0 Å². The van der Waals surface area contributed by atoms with Gasteiger partial charge in [0.2, 0.25) is 0 Å². The van der Waals surface area contributed by atoms with Gasteiger partial charge in [-0.15, -0.1) is 11.3 Å². The van der Waals surface area contributed by atoms with Gasteiger partial charge in [-0.05, 0) is 56.5 Å². The number of aryl methyl sites for hydroxylation is 2. The maximum Gasteiger partial charge on any atom is 0.0578 e. The molecule has 0 amide bonds. The minimum absolute atomic E-state index is 0.371. The number of nitrogens with one attached hydrogen (secondary N) is 1. The Bertz CT molecular complexity index is 528. The van der Waals surface area contributed by atoms with E-state index in [1.807, 2.05) is 11.3 Å². The summed E-state index contributed by atoms with van der Waals surface area (Å²) in [4.78, 5) is 2.87. The van der Waals surface area contributed by atoms with E-state index in [1.54, 1.807) is 0 Å². The number of rotatable bonds is 4. The van der Waals surface area contributed by atoms with Crippen molar-refractivity contribution in [2.75, 3.05) is 5.32 Å². The fourth-order valence-corrected chi connectivity index (χ4v) is 2.98. The Kier molecular flexibility index (Phi) is 4.07. The lowest BCUT2D eigenvalue weighted by Crippen LogP contribution is -2.06. The second-order valence-electron chi connectivity index (χ2n) is 4.77. The lowest BCUT2D eigenvalue weighted by molar-refractivity contribution is 0.905. The highest BCUT2D eigenvalue weighted by Crippen LogP contribution is 2.28. The Labute approximate surface area is 114 Å². The molecule has 0 radical (unpaired) electrons. The fourth-order valence-electron chi connectivity index (χ4n) is 2.03. The van der Waals surface area contributed by atoms with Gasteiger partial charge in [0.25, 0.3) is 0 Å². The molecule has 0 aliphatic rings. The quantitative estimate of drug-likeness (QED) is 0.805. The standard InChI is InChI=1S/C16H21NS/c1-5-14-9-10-16(18-14)13(4)17-15-8-6-7-11(2)12(15)3/h6-10,13,17H,5H2,1-4H3. The topological polar surface area (TPSA) is 12.0 Å². The molecule has 1 N–H and O–H groups in total. The van der Waals surface area contributed by atoms with E-state index >= 15 is 0 Å². The highest BCUT2D eigenvalue weighted by atomic mass is 32.1. The van der Waals surface area contributed by atoms with Crippen molar-refractivity contribution in [3.8, 4) is 0 Å². The molecule has 0 fully saturated rings. The molecule has 1 heterocycles. The summed E-state index contributed by atoms with van der Waals surface area (Å²) in [5.41, 5.74) is 3.93. The number of hydrogen-bond donors (Lipinski definition) is 1. The molecular weight excluding hydrogens is 238 g/mol. The molecule has 2 heteroatoms. The zero-order valence-corrected chi connectivity index (χ0v) is 12.4. The summed E-state index contributed by atoms with van der Waals surface area (Å²) in [7, 11) is 0. The second-order valence-corrected chi connectivity index (χ2v) is 5.97.